The van der Waals surface area contributed by atoms with Gasteiger partial charge in [0, 0.05) is 6.08 Å². The Bertz CT molecular complexity index is 759. The lowest BCUT2D eigenvalue weighted by Crippen LogP contribution is -2.36. The van der Waals surface area contributed by atoms with Crippen molar-refractivity contribution in [2.45, 2.75) is 46.1 Å². The van der Waals surface area contributed by atoms with E-state index in [4.69, 9.17) is 23.7 Å². The minimum atomic E-state index is -0.636. The van der Waals surface area contributed by atoms with Gasteiger partial charge in [0.2, 0.25) is 5.75 Å². The first-order valence-corrected chi connectivity index (χ1v) is 10.6. The predicted octanol–water partition coefficient (Wildman–Crippen LogP) is 4.27. The number of esters is 2. The molecule has 7 heteroatoms. The molecule has 0 aromatic heterocycles. The fourth-order valence-electron chi connectivity index (χ4n) is 3.99. The zero-order valence-corrected chi connectivity index (χ0v) is 19.3. The highest BCUT2D eigenvalue weighted by Crippen LogP contribution is 2.38. The van der Waals surface area contributed by atoms with E-state index >= 15 is 0 Å². The SMILES string of the molecule is COc1cc(/C=C/C(=O)OCC(=O)O[C@@H]2C[C@H](C)CC[C@H]2C(C)C)cc(OC)c1OC. The van der Waals surface area contributed by atoms with E-state index in [1.807, 2.05) is 0 Å². The third-order valence-electron chi connectivity index (χ3n) is 5.68. The second kappa shape index (κ2) is 11.6. The van der Waals surface area contributed by atoms with E-state index in [1.54, 1.807) is 18.2 Å². The first kappa shape index (κ1) is 24.6. The van der Waals surface area contributed by atoms with Crippen molar-refractivity contribution in [2.24, 2.45) is 17.8 Å². The van der Waals surface area contributed by atoms with Crippen LogP contribution >= 0.6 is 0 Å². The quantitative estimate of drug-likeness (QED) is 0.424. The summed E-state index contributed by atoms with van der Waals surface area (Å²) < 4.78 is 26.6. The summed E-state index contributed by atoms with van der Waals surface area (Å²) in [5.74, 6) is 1.56. The molecule has 0 saturated heterocycles. The van der Waals surface area contributed by atoms with Gasteiger partial charge in [-0.25, -0.2) is 9.59 Å². The van der Waals surface area contributed by atoms with Crippen LogP contribution in [0.4, 0.5) is 0 Å². The number of benzene rings is 1. The van der Waals surface area contributed by atoms with Crippen molar-refractivity contribution < 1.29 is 33.3 Å². The maximum atomic E-state index is 12.2. The van der Waals surface area contributed by atoms with Crippen molar-refractivity contribution in [1.29, 1.82) is 0 Å². The van der Waals surface area contributed by atoms with Gasteiger partial charge in [0.1, 0.15) is 6.10 Å². The van der Waals surface area contributed by atoms with Crippen LogP contribution in [-0.2, 0) is 19.1 Å². The molecule has 1 saturated carbocycles. The van der Waals surface area contributed by atoms with E-state index in [0.717, 1.165) is 19.3 Å². The molecule has 0 bridgehead atoms. The second-order valence-electron chi connectivity index (χ2n) is 8.25. The summed E-state index contributed by atoms with van der Waals surface area (Å²) in [6, 6.07) is 3.41. The van der Waals surface area contributed by atoms with E-state index < -0.39 is 18.5 Å². The zero-order valence-electron chi connectivity index (χ0n) is 19.3. The Morgan fingerprint density at radius 1 is 1.06 bits per heavy atom. The van der Waals surface area contributed by atoms with Crippen LogP contribution < -0.4 is 14.2 Å². The summed E-state index contributed by atoms with van der Waals surface area (Å²) in [5.41, 5.74) is 0.657. The van der Waals surface area contributed by atoms with Crippen molar-refractivity contribution in [3.8, 4) is 17.2 Å². The molecule has 3 atom stereocenters. The summed E-state index contributed by atoms with van der Waals surface area (Å²) in [7, 11) is 4.55. The molecule has 1 aliphatic carbocycles. The van der Waals surface area contributed by atoms with Gasteiger partial charge in [-0.1, -0.05) is 27.2 Å². The Morgan fingerprint density at radius 3 is 2.26 bits per heavy atom. The molecule has 0 spiro atoms. The van der Waals surface area contributed by atoms with E-state index in [1.165, 1.54) is 27.4 Å². The van der Waals surface area contributed by atoms with Crippen molar-refractivity contribution in [3.63, 3.8) is 0 Å². The number of methoxy groups -OCH3 is 3. The lowest BCUT2D eigenvalue weighted by Gasteiger charge is -2.36. The highest BCUT2D eigenvalue weighted by Gasteiger charge is 2.33. The molecule has 0 amide bonds. The Kier molecular flexibility index (Phi) is 9.21. The minimum Gasteiger partial charge on any atom is -0.493 e. The molecule has 1 aliphatic rings. The molecule has 1 fully saturated rings. The van der Waals surface area contributed by atoms with Crippen LogP contribution in [0.15, 0.2) is 18.2 Å². The monoisotopic (exact) mass is 434 g/mol. The van der Waals surface area contributed by atoms with E-state index in [0.29, 0.717) is 40.6 Å². The largest absolute Gasteiger partial charge is 0.493 e. The van der Waals surface area contributed by atoms with E-state index in [-0.39, 0.29) is 6.10 Å². The smallest absolute Gasteiger partial charge is 0.344 e. The van der Waals surface area contributed by atoms with Gasteiger partial charge < -0.3 is 23.7 Å². The Balaban J connectivity index is 1.92. The van der Waals surface area contributed by atoms with Crippen LogP contribution in [0.25, 0.3) is 6.08 Å². The van der Waals surface area contributed by atoms with Crippen LogP contribution in [0, 0.1) is 17.8 Å². The van der Waals surface area contributed by atoms with Crippen LogP contribution in [0.1, 0.15) is 45.6 Å². The third-order valence-corrected chi connectivity index (χ3v) is 5.68. The van der Waals surface area contributed by atoms with Gasteiger partial charge in [-0.2, -0.15) is 0 Å². The molecule has 1 aromatic carbocycles. The maximum absolute atomic E-state index is 12.2. The standard InChI is InChI=1S/C24H34O7/c1-15(2)18-9-7-16(3)11-19(18)31-23(26)14-30-22(25)10-8-17-12-20(27-4)24(29-6)21(13-17)28-5/h8,10,12-13,15-16,18-19H,7,9,11,14H2,1-6H3/b10-8+/t16-,18+,19-/m1/s1. The molecule has 0 N–H and O–H groups in total. The lowest BCUT2D eigenvalue weighted by molar-refractivity contribution is -0.165. The molecular formula is C24H34O7. The highest BCUT2D eigenvalue weighted by molar-refractivity contribution is 5.88. The first-order valence-electron chi connectivity index (χ1n) is 10.6. The van der Waals surface area contributed by atoms with Gasteiger partial charge in [0.05, 0.1) is 21.3 Å². The Hall–Kier alpha value is -2.70. The number of ether oxygens (including phenoxy) is 5. The lowest BCUT2D eigenvalue weighted by atomic mass is 9.75. The molecule has 1 aromatic rings. The molecule has 31 heavy (non-hydrogen) atoms. The van der Waals surface area contributed by atoms with Gasteiger partial charge in [-0.05, 0) is 54.4 Å². The average Bonchev–Trinajstić information content (AvgIpc) is 2.75. The van der Waals surface area contributed by atoms with Crippen molar-refractivity contribution in [1.82, 2.24) is 0 Å². The Labute approximate surface area is 184 Å². The average molecular weight is 435 g/mol. The number of carbonyl (C=O) groups is 2. The Morgan fingerprint density at radius 2 is 1.71 bits per heavy atom. The van der Waals surface area contributed by atoms with E-state index in [9.17, 15) is 9.59 Å². The molecular weight excluding hydrogens is 400 g/mol. The second-order valence-corrected chi connectivity index (χ2v) is 8.25. The summed E-state index contributed by atoms with van der Waals surface area (Å²) in [6.45, 7) is 6.06. The molecule has 7 nitrogen and oxygen atoms in total. The topological polar surface area (TPSA) is 80.3 Å². The molecule has 172 valence electrons. The van der Waals surface area contributed by atoms with Gasteiger partial charge in [0.25, 0.3) is 0 Å². The summed E-state index contributed by atoms with van der Waals surface area (Å²) in [4.78, 5) is 24.3. The van der Waals surface area contributed by atoms with Gasteiger partial charge in [-0.3, -0.25) is 0 Å². The van der Waals surface area contributed by atoms with Crippen LogP contribution in [0.5, 0.6) is 17.2 Å². The highest BCUT2D eigenvalue weighted by atomic mass is 16.6. The number of carbonyl (C=O) groups excluding carboxylic acids is 2. The van der Waals surface area contributed by atoms with E-state index in [2.05, 4.69) is 20.8 Å². The molecule has 2 rings (SSSR count). The molecule has 0 aliphatic heterocycles. The van der Waals surface area contributed by atoms with Gasteiger partial charge in [-0.15, -0.1) is 0 Å². The summed E-state index contributed by atoms with van der Waals surface area (Å²) >= 11 is 0. The fraction of sp³-hybridized carbons (Fsp3) is 0.583. The fourth-order valence-corrected chi connectivity index (χ4v) is 3.99. The number of hydrogen-bond donors (Lipinski definition) is 0. The number of hydrogen-bond acceptors (Lipinski definition) is 7. The third kappa shape index (κ3) is 6.91. The van der Waals surface area contributed by atoms with Gasteiger partial charge >= 0.3 is 11.9 Å². The van der Waals surface area contributed by atoms with Crippen molar-refractivity contribution in [2.75, 3.05) is 27.9 Å². The molecule has 0 heterocycles. The zero-order chi connectivity index (χ0) is 23.0. The molecule has 0 unspecified atom stereocenters. The normalized spacial score (nSPS) is 21.1. The first-order chi connectivity index (χ1) is 14.8. The summed E-state index contributed by atoms with van der Waals surface area (Å²) in [5, 5.41) is 0. The van der Waals surface area contributed by atoms with Crippen LogP contribution in [0.3, 0.4) is 0 Å². The number of rotatable bonds is 9. The van der Waals surface area contributed by atoms with Crippen LogP contribution in [0.2, 0.25) is 0 Å². The summed E-state index contributed by atoms with van der Waals surface area (Å²) in [6.07, 6.45) is 5.73. The van der Waals surface area contributed by atoms with Crippen LogP contribution in [-0.4, -0.2) is 46.0 Å². The van der Waals surface area contributed by atoms with Crippen molar-refractivity contribution >= 4 is 18.0 Å². The minimum absolute atomic E-state index is 0.121. The molecule has 0 radical (unpaired) electrons. The van der Waals surface area contributed by atoms with Crippen molar-refractivity contribution in [3.05, 3.63) is 23.8 Å². The predicted molar refractivity (Wildman–Crippen MR) is 117 cm³/mol. The van der Waals surface area contributed by atoms with Gasteiger partial charge in [0.15, 0.2) is 18.1 Å². The maximum Gasteiger partial charge on any atom is 0.344 e.